The molecule has 0 spiro atoms. The zero-order valence-electron chi connectivity index (χ0n) is 10.1. The Balaban J connectivity index is 2.11. The van der Waals surface area contributed by atoms with Crippen LogP contribution >= 0.6 is 11.6 Å². The Labute approximate surface area is 111 Å². The molecule has 1 aliphatic heterocycles. The Morgan fingerprint density at radius 1 is 1.22 bits per heavy atom. The third kappa shape index (κ3) is 1.93. The predicted molar refractivity (Wildman–Crippen MR) is 71.5 cm³/mol. The summed E-state index contributed by atoms with van der Waals surface area (Å²) in [5.41, 5.74) is 3.07. The highest BCUT2D eigenvalue weighted by Crippen LogP contribution is 2.28. The lowest BCUT2D eigenvalue weighted by Gasteiger charge is -2.17. The Morgan fingerprint density at radius 3 is 2.72 bits per heavy atom. The van der Waals surface area contributed by atoms with Crippen LogP contribution in [0.3, 0.4) is 0 Å². The minimum absolute atomic E-state index is 0.0168. The summed E-state index contributed by atoms with van der Waals surface area (Å²) in [4.78, 5) is 4.58. The van der Waals surface area contributed by atoms with Crippen molar-refractivity contribution in [3.63, 3.8) is 0 Å². The van der Waals surface area contributed by atoms with E-state index in [9.17, 15) is 5.11 Å². The lowest BCUT2D eigenvalue weighted by Crippen LogP contribution is -2.12. The van der Waals surface area contributed by atoms with Crippen molar-refractivity contribution in [1.29, 1.82) is 0 Å². The van der Waals surface area contributed by atoms with E-state index >= 15 is 0 Å². The van der Waals surface area contributed by atoms with Gasteiger partial charge in [0.15, 0.2) is 0 Å². The minimum Gasteiger partial charge on any atom is -0.390 e. The third-order valence-corrected chi connectivity index (χ3v) is 3.70. The van der Waals surface area contributed by atoms with Gasteiger partial charge in [0.1, 0.15) is 5.82 Å². The molecule has 0 amide bonds. The summed E-state index contributed by atoms with van der Waals surface area (Å²) in [6.07, 6.45) is 3.37. The van der Waals surface area contributed by atoms with Crippen LogP contribution in [0.25, 0.3) is 11.4 Å². The molecule has 3 rings (SSSR count). The van der Waals surface area contributed by atoms with Crippen molar-refractivity contribution in [2.24, 2.45) is 0 Å². The van der Waals surface area contributed by atoms with Crippen LogP contribution in [-0.4, -0.2) is 14.7 Å². The summed E-state index contributed by atoms with van der Waals surface area (Å²) in [5, 5.41) is 10.1. The molecule has 3 nitrogen and oxygen atoms in total. The van der Waals surface area contributed by atoms with E-state index in [-0.39, 0.29) is 6.61 Å². The second-order valence-electron chi connectivity index (χ2n) is 4.60. The van der Waals surface area contributed by atoms with Crippen molar-refractivity contribution in [3.8, 4) is 11.4 Å². The summed E-state index contributed by atoms with van der Waals surface area (Å²) < 4.78 is 2.23. The molecule has 94 valence electrons. The van der Waals surface area contributed by atoms with Gasteiger partial charge in [0.2, 0.25) is 0 Å². The number of hydrogen-bond donors (Lipinski definition) is 1. The maximum atomic E-state index is 9.40. The molecule has 1 aromatic carbocycles. The van der Waals surface area contributed by atoms with E-state index in [2.05, 4.69) is 9.55 Å². The fourth-order valence-corrected chi connectivity index (χ4v) is 2.69. The van der Waals surface area contributed by atoms with Crippen molar-refractivity contribution < 1.29 is 5.11 Å². The Kier molecular flexibility index (Phi) is 3.10. The maximum absolute atomic E-state index is 9.40. The normalized spacial score (nSPS) is 14.6. The van der Waals surface area contributed by atoms with Gasteiger partial charge in [-0.15, -0.1) is 0 Å². The summed E-state index contributed by atoms with van der Waals surface area (Å²) in [6, 6.07) is 7.71. The monoisotopic (exact) mass is 262 g/mol. The molecule has 2 aromatic rings. The van der Waals surface area contributed by atoms with Gasteiger partial charge >= 0.3 is 0 Å². The molecule has 0 saturated carbocycles. The van der Waals surface area contributed by atoms with E-state index in [0.29, 0.717) is 0 Å². The number of imidazole rings is 1. The van der Waals surface area contributed by atoms with E-state index in [1.54, 1.807) is 0 Å². The first-order chi connectivity index (χ1) is 8.79. The number of fused-ring (bicyclic) bond motifs is 1. The number of aromatic nitrogens is 2. The topological polar surface area (TPSA) is 38.1 Å². The van der Waals surface area contributed by atoms with E-state index in [1.165, 1.54) is 18.5 Å². The predicted octanol–water partition coefficient (Wildman–Crippen LogP) is 3.03. The van der Waals surface area contributed by atoms with Crippen LogP contribution in [0, 0.1) is 0 Å². The molecule has 0 radical (unpaired) electrons. The second-order valence-corrected chi connectivity index (χ2v) is 5.04. The van der Waals surface area contributed by atoms with Gasteiger partial charge in [-0.2, -0.15) is 0 Å². The molecule has 0 aliphatic carbocycles. The largest absolute Gasteiger partial charge is 0.390 e. The van der Waals surface area contributed by atoms with Gasteiger partial charge < -0.3 is 9.67 Å². The SMILES string of the molecule is OCc1nc(-c2ccc(Cl)cc2)n2c1CCCC2. The van der Waals surface area contributed by atoms with Crippen molar-refractivity contribution in [2.75, 3.05) is 0 Å². The van der Waals surface area contributed by atoms with Crippen LogP contribution in [0.4, 0.5) is 0 Å². The van der Waals surface area contributed by atoms with Crippen LogP contribution in [-0.2, 0) is 19.6 Å². The number of nitrogens with zero attached hydrogens (tertiary/aromatic N) is 2. The Morgan fingerprint density at radius 2 is 2.00 bits per heavy atom. The third-order valence-electron chi connectivity index (χ3n) is 3.45. The van der Waals surface area contributed by atoms with Gasteiger partial charge in [0.25, 0.3) is 0 Å². The Hall–Kier alpha value is -1.32. The van der Waals surface area contributed by atoms with Crippen LogP contribution in [0.15, 0.2) is 24.3 Å². The fourth-order valence-electron chi connectivity index (χ4n) is 2.56. The van der Waals surface area contributed by atoms with Crippen LogP contribution in [0.5, 0.6) is 0 Å². The fraction of sp³-hybridized carbons (Fsp3) is 0.357. The quantitative estimate of drug-likeness (QED) is 0.903. The molecule has 1 aromatic heterocycles. The first-order valence-electron chi connectivity index (χ1n) is 6.24. The highest BCUT2D eigenvalue weighted by molar-refractivity contribution is 6.30. The van der Waals surface area contributed by atoms with Crippen molar-refractivity contribution in [1.82, 2.24) is 9.55 Å². The first-order valence-corrected chi connectivity index (χ1v) is 6.62. The van der Waals surface area contributed by atoms with Gasteiger partial charge in [-0.3, -0.25) is 0 Å². The minimum atomic E-state index is 0.0168. The van der Waals surface area contributed by atoms with Gasteiger partial charge in [-0.25, -0.2) is 4.98 Å². The smallest absolute Gasteiger partial charge is 0.140 e. The highest BCUT2D eigenvalue weighted by Gasteiger charge is 2.20. The molecule has 1 aliphatic rings. The molecule has 1 N–H and O–H groups in total. The number of aliphatic hydroxyl groups excluding tert-OH is 1. The molecule has 4 heteroatoms. The van der Waals surface area contributed by atoms with Crippen LogP contribution in [0.1, 0.15) is 24.2 Å². The molecular weight excluding hydrogens is 248 g/mol. The van der Waals surface area contributed by atoms with Crippen molar-refractivity contribution in [2.45, 2.75) is 32.4 Å². The first kappa shape index (κ1) is 11.8. The van der Waals surface area contributed by atoms with Crippen molar-refractivity contribution >= 4 is 11.6 Å². The van der Waals surface area contributed by atoms with Crippen LogP contribution in [0.2, 0.25) is 5.02 Å². The number of hydrogen-bond acceptors (Lipinski definition) is 2. The van der Waals surface area contributed by atoms with Gasteiger partial charge in [0, 0.05) is 22.8 Å². The number of halogens is 1. The summed E-state index contributed by atoms with van der Waals surface area (Å²) >= 11 is 5.91. The average molecular weight is 263 g/mol. The average Bonchev–Trinajstić information content (AvgIpc) is 2.79. The zero-order chi connectivity index (χ0) is 12.5. The van der Waals surface area contributed by atoms with E-state index in [4.69, 9.17) is 11.6 Å². The summed E-state index contributed by atoms with van der Waals surface area (Å²) in [7, 11) is 0. The molecule has 0 unspecified atom stereocenters. The second kappa shape index (κ2) is 4.75. The van der Waals surface area contributed by atoms with Gasteiger partial charge in [0.05, 0.1) is 12.3 Å². The molecule has 0 saturated heterocycles. The molecule has 18 heavy (non-hydrogen) atoms. The zero-order valence-corrected chi connectivity index (χ0v) is 10.8. The van der Waals surface area contributed by atoms with Crippen LogP contribution < -0.4 is 0 Å². The van der Waals surface area contributed by atoms with E-state index in [0.717, 1.165) is 35.1 Å². The molecule has 0 fully saturated rings. The lowest BCUT2D eigenvalue weighted by molar-refractivity contribution is 0.275. The standard InChI is InChI=1S/C14H15ClN2O/c15-11-6-4-10(5-7-11)14-16-12(9-18)13-3-1-2-8-17(13)14/h4-7,18H,1-3,8-9H2. The van der Waals surface area contributed by atoms with Gasteiger partial charge in [-0.05, 0) is 43.5 Å². The van der Waals surface area contributed by atoms with Crippen molar-refractivity contribution in [3.05, 3.63) is 40.7 Å². The summed E-state index contributed by atoms with van der Waals surface area (Å²) in [5.74, 6) is 0.949. The van der Waals surface area contributed by atoms with Gasteiger partial charge in [-0.1, -0.05) is 11.6 Å². The number of rotatable bonds is 2. The molecule has 2 heterocycles. The lowest BCUT2D eigenvalue weighted by atomic mass is 10.1. The molecular formula is C14H15ClN2O. The maximum Gasteiger partial charge on any atom is 0.140 e. The summed E-state index contributed by atoms with van der Waals surface area (Å²) in [6.45, 7) is 1.00. The Bertz CT molecular complexity index is 560. The highest BCUT2D eigenvalue weighted by atomic mass is 35.5. The molecule has 0 atom stereocenters. The van der Waals surface area contributed by atoms with E-state index in [1.807, 2.05) is 24.3 Å². The van der Waals surface area contributed by atoms with E-state index < -0.39 is 0 Å². The number of aliphatic hydroxyl groups is 1. The number of benzene rings is 1. The molecule has 0 bridgehead atoms.